The molecule has 0 saturated carbocycles. The molecule has 5 heteroatoms. The van der Waals surface area contributed by atoms with Gasteiger partial charge in [-0.25, -0.2) is 0 Å². The van der Waals surface area contributed by atoms with Gasteiger partial charge >= 0.3 is 0 Å². The number of anilines is 1. The van der Waals surface area contributed by atoms with E-state index in [4.69, 9.17) is 4.74 Å². The summed E-state index contributed by atoms with van der Waals surface area (Å²) >= 11 is 0. The van der Waals surface area contributed by atoms with Gasteiger partial charge in [0, 0.05) is 18.5 Å². The maximum Gasteiger partial charge on any atom is 0.227 e. The number of nitrogens with zero attached hydrogens (tertiary/aromatic N) is 1. The fourth-order valence-electron chi connectivity index (χ4n) is 3.13. The minimum absolute atomic E-state index is 0.0741. The molecule has 2 rings (SSSR count). The average Bonchev–Trinajstić information content (AvgIpc) is 2.60. The largest absolute Gasteiger partial charge is 0.490 e. The molecule has 1 aliphatic rings. The Hall–Kier alpha value is -1.59. The predicted molar refractivity (Wildman–Crippen MR) is 98.5 cm³/mol. The number of amides is 1. The van der Waals surface area contributed by atoms with E-state index in [2.05, 4.69) is 36.3 Å². The summed E-state index contributed by atoms with van der Waals surface area (Å²) in [5, 5.41) is 6.44. The van der Waals surface area contributed by atoms with Crippen LogP contribution in [0.25, 0.3) is 0 Å². The van der Waals surface area contributed by atoms with E-state index in [1.54, 1.807) is 0 Å². The van der Waals surface area contributed by atoms with Crippen LogP contribution in [0.3, 0.4) is 0 Å². The second kappa shape index (κ2) is 9.64. The van der Waals surface area contributed by atoms with Crippen LogP contribution in [0.15, 0.2) is 24.3 Å². The topological polar surface area (TPSA) is 53.6 Å². The first-order valence-electron chi connectivity index (χ1n) is 9.12. The standard InChI is InChI=1S/C19H31N3O2/c1-4-22(5-2)12-13-24-18-9-7-6-8-17(18)21-19(23)16-10-11-20-15(3)14-16/h6-9,15-16,20H,4-5,10-14H2,1-3H3,(H,21,23)/t15-,16-/m0/s1. The Morgan fingerprint density at radius 3 is 2.79 bits per heavy atom. The molecule has 1 aliphatic heterocycles. The molecule has 0 aliphatic carbocycles. The first-order valence-corrected chi connectivity index (χ1v) is 9.12. The van der Waals surface area contributed by atoms with Gasteiger partial charge in [-0.15, -0.1) is 0 Å². The summed E-state index contributed by atoms with van der Waals surface area (Å²) in [4.78, 5) is 14.9. The lowest BCUT2D eigenvalue weighted by atomic mass is 9.92. The molecular weight excluding hydrogens is 302 g/mol. The highest BCUT2D eigenvalue weighted by Crippen LogP contribution is 2.26. The van der Waals surface area contributed by atoms with Gasteiger partial charge in [-0.2, -0.15) is 0 Å². The summed E-state index contributed by atoms with van der Waals surface area (Å²) in [5.41, 5.74) is 0.772. The lowest BCUT2D eigenvalue weighted by Gasteiger charge is -2.27. The highest BCUT2D eigenvalue weighted by molar-refractivity contribution is 5.94. The number of nitrogens with one attached hydrogen (secondary N) is 2. The van der Waals surface area contributed by atoms with Crippen LogP contribution >= 0.6 is 0 Å². The summed E-state index contributed by atoms with van der Waals surface area (Å²) in [7, 11) is 0. The van der Waals surface area contributed by atoms with Crippen LogP contribution in [0.2, 0.25) is 0 Å². The average molecular weight is 333 g/mol. The fraction of sp³-hybridized carbons (Fsp3) is 0.632. The van der Waals surface area contributed by atoms with Crippen molar-refractivity contribution in [1.82, 2.24) is 10.2 Å². The van der Waals surface area contributed by atoms with Gasteiger partial charge in [0.25, 0.3) is 0 Å². The van der Waals surface area contributed by atoms with Crippen molar-refractivity contribution in [3.63, 3.8) is 0 Å². The van der Waals surface area contributed by atoms with Gasteiger partial charge in [-0.3, -0.25) is 4.79 Å². The Morgan fingerprint density at radius 1 is 1.33 bits per heavy atom. The molecule has 1 amide bonds. The lowest BCUT2D eigenvalue weighted by Crippen LogP contribution is -2.40. The third kappa shape index (κ3) is 5.49. The molecule has 0 aromatic heterocycles. The van der Waals surface area contributed by atoms with E-state index in [0.717, 1.165) is 50.5 Å². The van der Waals surface area contributed by atoms with Crippen molar-refractivity contribution >= 4 is 11.6 Å². The molecule has 0 unspecified atom stereocenters. The van der Waals surface area contributed by atoms with Crippen molar-refractivity contribution in [1.29, 1.82) is 0 Å². The molecule has 2 N–H and O–H groups in total. The first-order chi connectivity index (χ1) is 11.6. The van der Waals surface area contributed by atoms with Crippen LogP contribution in [-0.2, 0) is 4.79 Å². The Labute approximate surface area is 145 Å². The molecule has 1 fully saturated rings. The third-order valence-corrected chi connectivity index (χ3v) is 4.70. The smallest absolute Gasteiger partial charge is 0.227 e. The number of hydrogen-bond donors (Lipinski definition) is 2. The predicted octanol–water partition coefficient (Wildman–Crippen LogP) is 2.73. The van der Waals surface area contributed by atoms with Crippen LogP contribution < -0.4 is 15.4 Å². The molecule has 1 saturated heterocycles. The summed E-state index contributed by atoms with van der Waals surface area (Å²) < 4.78 is 5.91. The summed E-state index contributed by atoms with van der Waals surface area (Å²) in [5.74, 6) is 0.924. The molecule has 0 spiro atoms. The number of carbonyl (C=O) groups is 1. The molecular formula is C19H31N3O2. The van der Waals surface area contributed by atoms with Gasteiger partial charge in [-0.1, -0.05) is 26.0 Å². The molecule has 24 heavy (non-hydrogen) atoms. The molecule has 1 heterocycles. The number of para-hydroxylation sites is 2. The van der Waals surface area contributed by atoms with Crippen LogP contribution in [0.1, 0.15) is 33.6 Å². The number of piperidine rings is 1. The van der Waals surface area contributed by atoms with Crippen LogP contribution in [0.4, 0.5) is 5.69 Å². The quantitative estimate of drug-likeness (QED) is 0.768. The van der Waals surface area contributed by atoms with Gasteiger partial charge in [0.1, 0.15) is 12.4 Å². The normalized spacial score (nSPS) is 20.8. The molecule has 1 aromatic carbocycles. The monoisotopic (exact) mass is 333 g/mol. The van der Waals surface area contributed by atoms with Crippen molar-refractivity contribution in [2.75, 3.05) is 38.1 Å². The maximum absolute atomic E-state index is 12.5. The Kier molecular flexibility index (Phi) is 7.53. The molecule has 2 atom stereocenters. The van der Waals surface area contributed by atoms with Gasteiger partial charge in [0.15, 0.2) is 0 Å². The van der Waals surface area contributed by atoms with Crippen molar-refractivity contribution in [3.05, 3.63) is 24.3 Å². The zero-order valence-electron chi connectivity index (χ0n) is 15.2. The summed E-state index contributed by atoms with van der Waals surface area (Å²) in [6.45, 7) is 10.9. The molecule has 5 nitrogen and oxygen atoms in total. The minimum Gasteiger partial charge on any atom is -0.490 e. The fourth-order valence-corrected chi connectivity index (χ4v) is 3.13. The van der Waals surface area contributed by atoms with Gasteiger partial charge in [0.2, 0.25) is 5.91 Å². The van der Waals surface area contributed by atoms with E-state index in [9.17, 15) is 4.79 Å². The van der Waals surface area contributed by atoms with Crippen molar-refractivity contribution in [3.8, 4) is 5.75 Å². The van der Waals surface area contributed by atoms with Crippen molar-refractivity contribution < 1.29 is 9.53 Å². The van der Waals surface area contributed by atoms with E-state index in [0.29, 0.717) is 12.6 Å². The number of ether oxygens (including phenoxy) is 1. The van der Waals surface area contributed by atoms with E-state index in [1.165, 1.54) is 0 Å². The Bertz CT molecular complexity index is 517. The number of hydrogen-bond acceptors (Lipinski definition) is 4. The van der Waals surface area contributed by atoms with E-state index in [1.807, 2.05) is 24.3 Å². The SMILES string of the molecule is CCN(CC)CCOc1ccccc1NC(=O)[C@H]1CCN[C@@H](C)C1. The summed E-state index contributed by atoms with van der Waals surface area (Å²) in [6.07, 6.45) is 1.78. The number of likely N-dealkylation sites (N-methyl/N-ethyl adjacent to an activating group) is 1. The zero-order chi connectivity index (χ0) is 17.4. The van der Waals surface area contributed by atoms with E-state index >= 15 is 0 Å². The maximum atomic E-state index is 12.5. The Morgan fingerprint density at radius 2 is 2.08 bits per heavy atom. The third-order valence-electron chi connectivity index (χ3n) is 4.70. The molecule has 0 radical (unpaired) electrons. The van der Waals surface area contributed by atoms with Crippen molar-refractivity contribution in [2.45, 2.75) is 39.7 Å². The lowest BCUT2D eigenvalue weighted by molar-refractivity contribution is -0.120. The van der Waals surface area contributed by atoms with Gasteiger partial charge in [-0.05, 0) is 51.5 Å². The number of rotatable bonds is 8. The second-order valence-electron chi connectivity index (χ2n) is 6.44. The van der Waals surface area contributed by atoms with E-state index in [-0.39, 0.29) is 11.8 Å². The zero-order valence-corrected chi connectivity index (χ0v) is 15.2. The van der Waals surface area contributed by atoms with Gasteiger partial charge < -0.3 is 20.3 Å². The number of carbonyl (C=O) groups excluding carboxylic acids is 1. The van der Waals surface area contributed by atoms with Crippen LogP contribution in [0.5, 0.6) is 5.75 Å². The molecule has 0 bridgehead atoms. The second-order valence-corrected chi connectivity index (χ2v) is 6.44. The first kappa shape index (κ1) is 18.7. The van der Waals surface area contributed by atoms with Crippen LogP contribution in [-0.4, -0.2) is 49.6 Å². The number of benzene rings is 1. The van der Waals surface area contributed by atoms with Gasteiger partial charge in [0.05, 0.1) is 5.69 Å². The van der Waals surface area contributed by atoms with Crippen LogP contribution in [0, 0.1) is 5.92 Å². The molecule has 134 valence electrons. The Balaban J connectivity index is 1.91. The summed E-state index contributed by atoms with van der Waals surface area (Å²) in [6, 6.07) is 8.10. The highest BCUT2D eigenvalue weighted by atomic mass is 16.5. The highest BCUT2D eigenvalue weighted by Gasteiger charge is 2.25. The minimum atomic E-state index is 0.0741. The van der Waals surface area contributed by atoms with E-state index < -0.39 is 0 Å². The van der Waals surface area contributed by atoms with Crippen molar-refractivity contribution in [2.24, 2.45) is 5.92 Å². The molecule has 1 aromatic rings.